The van der Waals surface area contributed by atoms with Gasteiger partial charge in [-0.25, -0.2) is 9.97 Å². The van der Waals surface area contributed by atoms with Crippen molar-refractivity contribution in [3.8, 4) is 5.75 Å². The number of nitrogens with one attached hydrogen (secondary N) is 1. The molecule has 0 spiro atoms. The summed E-state index contributed by atoms with van der Waals surface area (Å²) >= 11 is 0. The van der Waals surface area contributed by atoms with Gasteiger partial charge < -0.3 is 10.1 Å². The van der Waals surface area contributed by atoms with E-state index in [4.69, 9.17) is 4.74 Å². The van der Waals surface area contributed by atoms with Crippen molar-refractivity contribution in [3.05, 3.63) is 78.1 Å². The van der Waals surface area contributed by atoms with Crippen molar-refractivity contribution in [2.45, 2.75) is 0 Å². The molecule has 0 amide bonds. The Morgan fingerprint density at radius 1 is 0.913 bits per heavy atom. The van der Waals surface area contributed by atoms with Gasteiger partial charge >= 0.3 is 0 Å². The Morgan fingerprint density at radius 2 is 1.70 bits per heavy atom. The van der Waals surface area contributed by atoms with Crippen molar-refractivity contribution in [2.75, 3.05) is 12.4 Å². The van der Waals surface area contributed by atoms with Crippen molar-refractivity contribution < 1.29 is 4.74 Å². The summed E-state index contributed by atoms with van der Waals surface area (Å²) in [5.41, 5.74) is 2.89. The SMILES string of the molecule is COc1ccc(/C=C/c2ccnc(Nc3ccccc3)n2)cc1. The Bertz CT molecular complexity index is 783. The molecule has 0 saturated heterocycles. The topological polar surface area (TPSA) is 47.0 Å². The second kappa shape index (κ2) is 7.22. The molecule has 114 valence electrons. The van der Waals surface area contributed by atoms with E-state index in [1.807, 2.05) is 72.8 Å². The molecular formula is C19H17N3O. The monoisotopic (exact) mass is 303 g/mol. The molecule has 0 atom stereocenters. The summed E-state index contributed by atoms with van der Waals surface area (Å²) in [4.78, 5) is 8.72. The average molecular weight is 303 g/mol. The predicted octanol–water partition coefficient (Wildman–Crippen LogP) is 4.40. The summed E-state index contributed by atoms with van der Waals surface area (Å²) in [6.45, 7) is 0. The van der Waals surface area contributed by atoms with Crippen molar-refractivity contribution in [1.29, 1.82) is 0 Å². The fraction of sp³-hybridized carbons (Fsp3) is 0.0526. The third kappa shape index (κ3) is 4.17. The van der Waals surface area contributed by atoms with Gasteiger partial charge in [-0.15, -0.1) is 0 Å². The minimum atomic E-state index is 0.577. The van der Waals surface area contributed by atoms with E-state index in [1.54, 1.807) is 13.3 Å². The molecule has 0 radical (unpaired) electrons. The van der Waals surface area contributed by atoms with E-state index in [0.29, 0.717) is 5.95 Å². The van der Waals surface area contributed by atoms with Gasteiger partial charge in [-0.1, -0.05) is 36.4 Å². The number of nitrogens with zero attached hydrogens (tertiary/aromatic N) is 2. The van der Waals surface area contributed by atoms with Gasteiger partial charge in [0.2, 0.25) is 5.95 Å². The molecule has 0 aliphatic carbocycles. The Labute approximate surface area is 135 Å². The van der Waals surface area contributed by atoms with Crippen molar-refractivity contribution in [2.24, 2.45) is 0 Å². The highest BCUT2D eigenvalue weighted by molar-refractivity contribution is 5.68. The minimum absolute atomic E-state index is 0.577. The largest absolute Gasteiger partial charge is 0.497 e. The summed E-state index contributed by atoms with van der Waals surface area (Å²) in [7, 11) is 1.66. The molecule has 0 saturated carbocycles. The molecule has 4 heteroatoms. The van der Waals surface area contributed by atoms with Gasteiger partial charge in [0, 0.05) is 11.9 Å². The van der Waals surface area contributed by atoms with Crippen LogP contribution in [0.4, 0.5) is 11.6 Å². The van der Waals surface area contributed by atoms with Crippen LogP contribution in [0.15, 0.2) is 66.9 Å². The molecule has 3 aromatic rings. The van der Waals surface area contributed by atoms with E-state index in [1.165, 1.54) is 0 Å². The first-order valence-corrected chi connectivity index (χ1v) is 7.31. The van der Waals surface area contributed by atoms with Gasteiger partial charge in [-0.05, 0) is 42.0 Å². The molecule has 0 fully saturated rings. The molecule has 0 bridgehead atoms. The second-order valence-electron chi connectivity index (χ2n) is 4.90. The van der Waals surface area contributed by atoms with Crippen LogP contribution < -0.4 is 10.1 Å². The van der Waals surface area contributed by atoms with Gasteiger partial charge in [-0.3, -0.25) is 0 Å². The van der Waals surface area contributed by atoms with Crippen LogP contribution >= 0.6 is 0 Å². The number of anilines is 2. The lowest BCUT2D eigenvalue weighted by Gasteiger charge is -2.04. The molecule has 23 heavy (non-hydrogen) atoms. The molecular weight excluding hydrogens is 286 g/mol. The standard InChI is InChI=1S/C19H17N3O/c1-23-18-11-8-15(9-12-18)7-10-17-13-14-20-19(22-17)21-16-5-3-2-4-6-16/h2-14H,1H3,(H,20,21,22)/b10-7+. The van der Waals surface area contributed by atoms with E-state index in [2.05, 4.69) is 15.3 Å². The van der Waals surface area contributed by atoms with E-state index in [-0.39, 0.29) is 0 Å². The normalized spacial score (nSPS) is 10.7. The maximum absolute atomic E-state index is 5.15. The number of aromatic nitrogens is 2. The number of hydrogen-bond donors (Lipinski definition) is 1. The Kier molecular flexibility index (Phi) is 4.64. The van der Waals surface area contributed by atoms with Crippen LogP contribution in [-0.4, -0.2) is 17.1 Å². The van der Waals surface area contributed by atoms with Crippen LogP contribution in [0, 0.1) is 0 Å². The highest BCUT2D eigenvalue weighted by Crippen LogP contribution is 2.15. The molecule has 0 aliphatic rings. The summed E-state index contributed by atoms with van der Waals surface area (Å²) in [6, 6.07) is 19.6. The zero-order valence-corrected chi connectivity index (χ0v) is 12.8. The van der Waals surface area contributed by atoms with E-state index in [0.717, 1.165) is 22.7 Å². The zero-order valence-electron chi connectivity index (χ0n) is 12.8. The van der Waals surface area contributed by atoms with Crippen molar-refractivity contribution in [1.82, 2.24) is 9.97 Å². The highest BCUT2D eigenvalue weighted by Gasteiger charge is 1.98. The molecule has 0 aliphatic heterocycles. The van der Waals surface area contributed by atoms with E-state index in [9.17, 15) is 0 Å². The van der Waals surface area contributed by atoms with Gasteiger partial charge in [-0.2, -0.15) is 0 Å². The van der Waals surface area contributed by atoms with Gasteiger partial charge in [0.05, 0.1) is 12.8 Å². The average Bonchev–Trinajstić information content (AvgIpc) is 2.62. The number of rotatable bonds is 5. The van der Waals surface area contributed by atoms with Gasteiger partial charge in [0.1, 0.15) is 5.75 Å². The third-order valence-electron chi connectivity index (χ3n) is 3.27. The van der Waals surface area contributed by atoms with Crippen LogP contribution in [-0.2, 0) is 0 Å². The maximum atomic E-state index is 5.15. The fourth-order valence-corrected chi connectivity index (χ4v) is 2.07. The summed E-state index contributed by atoms with van der Waals surface area (Å²) in [5.74, 6) is 1.42. The molecule has 0 unspecified atom stereocenters. The van der Waals surface area contributed by atoms with Crippen molar-refractivity contribution in [3.63, 3.8) is 0 Å². The number of hydrogen-bond acceptors (Lipinski definition) is 4. The first kappa shape index (κ1) is 14.8. The highest BCUT2D eigenvalue weighted by atomic mass is 16.5. The molecule has 1 heterocycles. The van der Waals surface area contributed by atoms with Crippen LogP contribution in [0.1, 0.15) is 11.3 Å². The van der Waals surface area contributed by atoms with Crippen LogP contribution in [0.5, 0.6) is 5.75 Å². The Morgan fingerprint density at radius 3 is 2.43 bits per heavy atom. The number of para-hydroxylation sites is 1. The van der Waals surface area contributed by atoms with Gasteiger partial charge in [0.15, 0.2) is 0 Å². The quantitative estimate of drug-likeness (QED) is 0.759. The second-order valence-corrected chi connectivity index (χ2v) is 4.90. The van der Waals surface area contributed by atoms with Crippen LogP contribution in [0.2, 0.25) is 0 Å². The number of methoxy groups -OCH3 is 1. The first-order chi connectivity index (χ1) is 11.3. The molecule has 1 aromatic heterocycles. The van der Waals surface area contributed by atoms with E-state index < -0.39 is 0 Å². The third-order valence-corrected chi connectivity index (χ3v) is 3.27. The van der Waals surface area contributed by atoms with Crippen LogP contribution in [0.25, 0.3) is 12.2 Å². The summed E-state index contributed by atoms with van der Waals surface area (Å²) < 4.78 is 5.15. The molecule has 3 rings (SSSR count). The van der Waals surface area contributed by atoms with Gasteiger partial charge in [0.25, 0.3) is 0 Å². The number of ether oxygens (including phenoxy) is 1. The minimum Gasteiger partial charge on any atom is -0.497 e. The summed E-state index contributed by atoms with van der Waals surface area (Å²) in [6.07, 6.45) is 5.71. The zero-order chi connectivity index (χ0) is 15.9. The van der Waals surface area contributed by atoms with E-state index >= 15 is 0 Å². The lowest BCUT2D eigenvalue weighted by Crippen LogP contribution is -1.97. The lowest BCUT2D eigenvalue weighted by atomic mass is 10.2. The van der Waals surface area contributed by atoms with Crippen molar-refractivity contribution >= 4 is 23.8 Å². The fourth-order valence-electron chi connectivity index (χ4n) is 2.07. The summed E-state index contributed by atoms with van der Waals surface area (Å²) in [5, 5.41) is 3.18. The van der Waals surface area contributed by atoms with Crippen LogP contribution in [0.3, 0.4) is 0 Å². The molecule has 4 nitrogen and oxygen atoms in total. The number of benzene rings is 2. The molecule has 1 N–H and O–H groups in total. The Hall–Kier alpha value is -3.14. The molecule has 2 aromatic carbocycles. The predicted molar refractivity (Wildman–Crippen MR) is 93.7 cm³/mol. The smallest absolute Gasteiger partial charge is 0.227 e. The first-order valence-electron chi connectivity index (χ1n) is 7.31. The Balaban J connectivity index is 1.72. The lowest BCUT2D eigenvalue weighted by molar-refractivity contribution is 0.415. The maximum Gasteiger partial charge on any atom is 0.227 e.